The summed E-state index contributed by atoms with van der Waals surface area (Å²) in [6.45, 7) is 0.205. The number of carboxylic acids is 1. The summed E-state index contributed by atoms with van der Waals surface area (Å²) in [5.41, 5.74) is 0.754. The van der Waals surface area contributed by atoms with Crippen LogP contribution in [0.4, 0.5) is 0 Å². The van der Waals surface area contributed by atoms with E-state index in [9.17, 15) is 4.79 Å². The molecule has 1 aromatic heterocycles. The highest BCUT2D eigenvalue weighted by Gasteiger charge is 2.05. The van der Waals surface area contributed by atoms with Crippen LogP contribution in [0.2, 0.25) is 0 Å². The van der Waals surface area contributed by atoms with Gasteiger partial charge in [-0.15, -0.1) is 10.2 Å². The number of aromatic nitrogens is 4. The highest BCUT2D eigenvalue weighted by molar-refractivity contribution is 9.10. The van der Waals surface area contributed by atoms with Crippen LogP contribution in [-0.2, 0) is 18.4 Å². The van der Waals surface area contributed by atoms with Gasteiger partial charge in [-0.05, 0) is 44.9 Å². The summed E-state index contributed by atoms with van der Waals surface area (Å²) in [5.74, 6) is 0.106. The van der Waals surface area contributed by atoms with Crippen LogP contribution in [-0.4, -0.2) is 31.3 Å². The van der Waals surface area contributed by atoms with Gasteiger partial charge < -0.3 is 9.84 Å². The van der Waals surface area contributed by atoms with Crippen molar-refractivity contribution in [2.24, 2.45) is 7.05 Å². The average molecular weight is 339 g/mol. The third-order valence-corrected chi connectivity index (χ3v) is 2.90. The van der Waals surface area contributed by atoms with Crippen molar-refractivity contribution < 1.29 is 14.6 Å². The molecule has 0 atom stereocenters. The zero-order chi connectivity index (χ0) is 14.5. The summed E-state index contributed by atoms with van der Waals surface area (Å²) in [5, 5.41) is 20.1. The number of hydrogen-bond donors (Lipinski definition) is 1. The number of nitrogens with zero attached hydrogens (tertiary/aromatic N) is 4. The van der Waals surface area contributed by atoms with E-state index in [4.69, 9.17) is 9.84 Å². The maximum atomic E-state index is 10.4. The lowest BCUT2D eigenvalue weighted by atomic mass is 10.2. The molecule has 7 nitrogen and oxygen atoms in total. The molecule has 104 valence electrons. The normalized spacial score (nSPS) is 10.9. The Labute approximate surface area is 123 Å². The topological polar surface area (TPSA) is 90.1 Å². The minimum absolute atomic E-state index is 0.205. The largest absolute Gasteiger partial charge is 0.484 e. The molecule has 8 heteroatoms. The van der Waals surface area contributed by atoms with Crippen molar-refractivity contribution in [3.8, 4) is 5.75 Å². The Bertz CT molecular complexity index is 654. The maximum absolute atomic E-state index is 10.4. The Morgan fingerprint density at radius 2 is 2.35 bits per heavy atom. The van der Waals surface area contributed by atoms with E-state index in [0.717, 1.165) is 11.6 Å². The Morgan fingerprint density at radius 1 is 1.55 bits per heavy atom. The Morgan fingerprint density at radius 3 is 2.95 bits per heavy atom. The lowest BCUT2D eigenvalue weighted by Gasteiger charge is -2.06. The minimum atomic E-state index is -0.991. The molecule has 0 amide bonds. The molecule has 1 aromatic carbocycles. The summed E-state index contributed by atoms with van der Waals surface area (Å²) < 4.78 is 6.27. The zero-order valence-corrected chi connectivity index (χ0v) is 12.1. The van der Waals surface area contributed by atoms with Crippen LogP contribution < -0.4 is 4.74 Å². The van der Waals surface area contributed by atoms with E-state index >= 15 is 0 Å². The predicted molar refractivity (Wildman–Crippen MR) is 73.9 cm³/mol. The fraction of sp³-hybridized carbons (Fsp3) is 0.167. The molecule has 0 unspecified atom stereocenters. The van der Waals surface area contributed by atoms with Gasteiger partial charge in [0.1, 0.15) is 5.75 Å². The standard InChI is InChI=1S/C12H11BrN4O3/c1-17-15-11(14-16-17)7-20-10-4-2-8(6-9(10)13)3-5-12(18)19/h2-6H,7H2,1H3,(H,18,19)/b5-3+. The molecule has 2 rings (SSSR count). The molecular formula is C12H11BrN4O3. The van der Waals surface area contributed by atoms with Crippen molar-refractivity contribution in [1.82, 2.24) is 20.2 Å². The van der Waals surface area contributed by atoms with E-state index in [0.29, 0.717) is 16.0 Å². The minimum Gasteiger partial charge on any atom is -0.484 e. The molecule has 0 saturated carbocycles. The van der Waals surface area contributed by atoms with Crippen LogP contribution in [0.15, 0.2) is 28.7 Å². The number of carboxylic acid groups (broad SMARTS) is 1. The number of carbonyl (C=O) groups is 1. The van der Waals surface area contributed by atoms with Crippen LogP contribution >= 0.6 is 15.9 Å². The lowest BCUT2D eigenvalue weighted by molar-refractivity contribution is -0.131. The average Bonchev–Trinajstić information content (AvgIpc) is 2.81. The Kier molecular flexibility index (Phi) is 4.46. The first-order valence-electron chi connectivity index (χ1n) is 5.61. The first-order valence-corrected chi connectivity index (χ1v) is 6.40. The molecule has 0 aliphatic heterocycles. The number of aryl methyl sites for hydroxylation is 1. The summed E-state index contributed by atoms with van der Waals surface area (Å²) in [4.78, 5) is 11.8. The van der Waals surface area contributed by atoms with Crippen molar-refractivity contribution in [3.05, 3.63) is 40.1 Å². The zero-order valence-electron chi connectivity index (χ0n) is 10.5. The molecule has 0 aliphatic rings. The molecule has 0 radical (unpaired) electrons. The maximum Gasteiger partial charge on any atom is 0.328 e. The molecule has 1 N–H and O–H groups in total. The van der Waals surface area contributed by atoms with Crippen LogP contribution in [0, 0.1) is 0 Å². The monoisotopic (exact) mass is 338 g/mol. The van der Waals surface area contributed by atoms with Gasteiger partial charge in [-0.25, -0.2) is 4.79 Å². The van der Waals surface area contributed by atoms with E-state index in [1.165, 1.54) is 10.9 Å². The van der Waals surface area contributed by atoms with Gasteiger partial charge in [0.2, 0.25) is 5.82 Å². The first-order chi connectivity index (χ1) is 9.54. The number of aliphatic carboxylic acids is 1. The van der Waals surface area contributed by atoms with Crippen molar-refractivity contribution in [2.45, 2.75) is 6.61 Å². The van der Waals surface area contributed by atoms with Gasteiger partial charge in [0.15, 0.2) is 6.61 Å². The summed E-state index contributed by atoms with van der Waals surface area (Å²) in [6.07, 6.45) is 2.58. The second kappa shape index (κ2) is 6.29. The molecule has 0 aliphatic carbocycles. The number of tetrazole rings is 1. The molecule has 0 fully saturated rings. The van der Waals surface area contributed by atoms with Gasteiger partial charge in [-0.3, -0.25) is 0 Å². The van der Waals surface area contributed by atoms with E-state index in [1.807, 2.05) is 0 Å². The van der Waals surface area contributed by atoms with Gasteiger partial charge in [-0.2, -0.15) is 4.80 Å². The molecule has 2 aromatic rings. The van der Waals surface area contributed by atoms with E-state index in [-0.39, 0.29) is 6.61 Å². The predicted octanol–water partition coefficient (Wildman–Crippen LogP) is 1.65. The quantitative estimate of drug-likeness (QED) is 0.833. The van der Waals surface area contributed by atoms with Gasteiger partial charge >= 0.3 is 5.97 Å². The molecule has 0 saturated heterocycles. The first kappa shape index (κ1) is 14.2. The third kappa shape index (κ3) is 3.89. The van der Waals surface area contributed by atoms with Crippen LogP contribution in [0.25, 0.3) is 6.08 Å². The highest BCUT2D eigenvalue weighted by atomic mass is 79.9. The van der Waals surface area contributed by atoms with Gasteiger partial charge in [0.25, 0.3) is 0 Å². The van der Waals surface area contributed by atoms with Crippen molar-refractivity contribution in [1.29, 1.82) is 0 Å². The van der Waals surface area contributed by atoms with Gasteiger partial charge in [0.05, 0.1) is 11.5 Å². The van der Waals surface area contributed by atoms with E-state index in [1.54, 1.807) is 25.2 Å². The van der Waals surface area contributed by atoms with Gasteiger partial charge in [0, 0.05) is 6.08 Å². The van der Waals surface area contributed by atoms with E-state index in [2.05, 4.69) is 31.3 Å². The number of rotatable bonds is 5. The number of hydrogen-bond acceptors (Lipinski definition) is 5. The highest BCUT2D eigenvalue weighted by Crippen LogP contribution is 2.27. The lowest BCUT2D eigenvalue weighted by Crippen LogP contribution is -1.99. The summed E-state index contributed by atoms with van der Waals surface area (Å²) in [6, 6.07) is 5.25. The molecular weight excluding hydrogens is 328 g/mol. The van der Waals surface area contributed by atoms with Crippen molar-refractivity contribution >= 4 is 28.0 Å². The SMILES string of the molecule is Cn1nnc(COc2ccc(/C=C/C(=O)O)cc2Br)n1. The number of halogens is 1. The summed E-state index contributed by atoms with van der Waals surface area (Å²) in [7, 11) is 1.68. The molecule has 1 heterocycles. The van der Waals surface area contributed by atoms with E-state index < -0.39 is 5.97 Å². The van der Waals surface area contributed by atoms with Crippen LogP contribution in [0.5, 0.6) is 5.75 Å². The smallest absolute Gasteiger partial charge is 0.328 e. The Hall–Kier alpha value is -2.22. The van der Waals surface area contributed by atoms with Crippen LogP contribution in [0.3, 0.4) is 0 Å². The summed E-state index contributed by atoms with van der Waals surface area (Å²) >= 11 is 3.36. The molecule has 20 heavy (non-hydrogen) atoms. The second-order valence-electron chi connectivity index (χ2n) is 3.85. The Balaban J connectivity index is 2.04. The third-order valence-electron chi connectivity index (χ3n) is 2.28. The number of ether oxygens (including phenoxy) is 1. The number of benzene rings is 1. The van der Waals surface area contributed by atoms with Gasteiger partial charge in [-0.1, -0.05) is 6.07 Å². The fourth-order valence-corrected chi connectivity index (χ4v) is 1.94. The molecule has 0 bridgehead atoms. The second-order valence-corrected chi connectivity index (χ2v) is 4.70. The van der Waals surface area contributed by atoms with Crippen LogP contribution in [0.1, 0.15) is 11.4 Å². The van der Waals surface area contributed by atoms with Crippen molar-refractivity contribution in [3.63, 3.8) is 0 Å². The molecule has 0 spiro atoms. The van der Waals surface area contributed by atoms with Crippen molar-refractivity contribution in [2.75, 3.05) is 0 Å². The fourth-order valence-electron chi connectivity index (χ4n) is 1.43.